The molecule has 0 saturated carbocycles. The Morgan fingerprint density at radius 3 is 3.14 bits per heavy atom. The Morgan fingerprint density at radius 1 is 1.64 bits per heavy atom. The van der Waals surface area contributed by atoms with Gasteiger partial charge >= 0.3 is 5.97 Å². The van der Waals surface area contributed by atoms with E-state index in [1.807, 2.05) is 0 Å². The predicted molar refractivity (Wildman–Crippen MR) is 56.1 cm³/mol. The van der Waals surface area contributed by atoms with Crippen molar-refractivity contribution >= 4 is 29.3 Å². The van der Waals surface area contributed by atoms with Crippen LogP contribution in [0.4, 0.5) is 0 Å². The summed E-state index contributed by atoms with van der Waals surface area (Å²) in [4.78, 5) is 14.9. The molecule has 0 atom stereocenters. The van der Waals surface area contributed by atoms with E-state index in [1.165, 1.54) is 6.20 Å². The van der Waals surface area contributed by atoms with Crippen molar-refractivity contribution in [1.82, 2.24) is 4.98 Å². The zero-order valence-electron chi connectivity index (χ0n) is 7.29. The fourth-order valence-corrected chi connectivity index (χ4v) is 2.80. The molecule has 0 fully saturated rings. The number of nitrogens with zero attached hydrogens (tertiary/aromatic N) is 1. The standard InChI is InChI=1S/C9H8ClNO2S/c10-8-5(9(12)13)3-11-7-1-2-14-4-6(7)8/h3H,1-2,4H2,(H,12,13). The van der Waals surface area contributed by atoms with Gasteiger partial charge in [-0.15, -0.1) is 0 Å². The summed E-state index contributed by atoms with van der Waals surface area (Å²) in [6.45, 7) is 0. The molecular formula is C9H8ClNO2S. The van der Waals surface area contributed by atoms with Gasteiger partial charge in [0.2, 0.25) is 0 Å². The molecule has 74 valence electrons. The van der Waals surface area contributed by atoms with Crippen LogP contribution in [0.1, 0.15) is 21.6 Å². The number of carbonyl (C=O) groups is 1. The molecule has 0 bridgehead atoms. The summed E-state index contributed by atoms with van der Waals surface area (Å²) in [7, 11) is 0. The highest BCUT2D eigenvalue weighted by Gasteiger charge is 2.19. The van der Waals surface area contributed by atoms with Gasteiger partial charge in [-0.25, -0.2) is 4.79 Å². The van der Waals surface area contributed by atoms with Crippen molar-refractivity contribution in [2.24, 2.45) is 0 Å². The van der Waals surface area contributed by atoms with Gasteiger partial charge in [-0.2, -0.15) is 11.8 Å². The van der Waals surface area contributed by atoms with Crippen molar-refractivity contribution in [3.05, 3.63) is 28.0 Å². The average Bonchev–Trinajstić information content (AvgIpc) is 2.18. The highest BCUT2D eigenvalue weighted by atomic mass is 35.5. The number of aryl methyl sites for hydroxylation is 1. The van der Waals surface area contributed by atoms with E-state index in [0.29, 0.717) is 5.02 Å². The first-order chi connectivity index (χ1) is 6.70. The number of halogens is 1. The first kappa shape index (κ1) is 9.80. The Morgan fingerprint density at radius 2 is 2.43 bits per heavy atom. The molecule has 1 aromatic rings. The third-order valence-corrected chi connectivity index (χ3v) is 3.58. The molecular weight excluding hydrogens is 222 g/mol. The van der Waals surface area contributed by atoms with Gasteiger partial charge in [-0.1, -0.05) is 11.6 Å². The fraction of sp³-hybridized carbons (Fsp3) is 0.333. The number of thioether (sulfide) groups is 1. The Bertz CT molecular complexity index is 395. The SMILES string of the molecule is O=C(O)c1cnc2c(c1Cl)CSCC2. The second kappa shape index (κ2) is 3.79. The maximum absolute atomic E-state index is 10.8. The number of carboxylic acid groups (broad SMARTS) is 1. The molecule has 2 rings (SSSR count). The molecule has 1 aromatic heterocycles. The molecule has 2 heterocycles. The van der Waals surface area contributed by atoms with Crippen molar-refractivity contribution in [1.29, 1.82) is 0 Å². The smallest absolute Gasteiger partial charge is 0.338 e. The third-order valence-electron chi connectivity index (χ3n) is 2.16. The van der Waals surface area contributed by atoms with Gasteiger partial charge in [-0.05, 0) is 12.2 Å². The molecule has 5 heteroatoms. The largest absolute Gasteiger partial charge is 0.478 e. The van der Waals surface area contributed by atoms with E-state index < -0.39 is 5.97 Å². The Kier molecular flexibility index (Phi) is 2.65. The van der Waals surface area contributed by atoms with Crippen molar-refractivity contribution in [3.8, 4) is 0 Å². The zero-order valence-corrected chi connectivity index (χ0v) is 8.86. The van der Waals surface area contributed by atoms with Gasteiger partial charge in [0.15, 0.2) is 0 Å². The number of pyridine rings is 1. The van der Waals surface area contributed by atoms with Crippen LogP contribution in [0.15, 0.2) is 6.20 Å². The maximum atomic E-state index is 10.8. The Labute approximate surface area is 90.5 Å². The van der Waals surface area contributed by atoms with E-state index in [-0.39, 0.29) is 5.56 Å². The highest BCUT2D eigenvalue weighted by Crippen LogP contribution is 2.31. The summed E-state index contributed by atoms with van der Waals surface area (Å²) in [5.41, 5.74) is 1.94. The molecule has 0 aliphatic carbocycles. The summed E-state index contributed by atoms with van der Waals surface area (Å²) < 4.78 is 0. The normalized spacial score (nSPS) is 14.9. The number of aromatic nitrogens is 1. The number of aromatic carboxylic acids is 1. The monoisotopic (exact) mass is 229 g/mol. The number of hydrogen-bond donors (Lipinski definition) is 1. The second-order valence-electron chi connectivity index (χ2n) is 3.02. The molecule has 1 aliphatic heterocycles. The number of hydrogen-bond acceptors (Lipinski definition) is 3. The number of carboxylic acids is 1. The van der Waals surface area contributed by atoms with Gasteiger partial charge in [-0.3, -0.25) is 4.98 Å². The molecule has 14 heavy (non-hydrogen) atoms. The summed E-state index contributed by atoms with van der Waals surface area (Å²) in [6, 6.07) is 0. The summed E-state index contributed by atoms with van der Waals surface area (Å²) >= 11 is 7.74. The zero-order chi connectivity index (χ0) is 10.1. The van der Waals surface area contributed by atoms with Crippen LogP contribution in [0.5, 0.6) is 0 Å². The highest BCUT2D eigenvalue weighted by molar-refractivity contribution is 7.98. The molecule has 1 N–H and O–H groups in total. The quantitative estimate of drug-likeness (QED) is 0.802. The topological polar surface area (TPSA) is 50.2 Å². The van der Waals surface area contributed by atoms with E-state index in [0.717, 1.165) is 29.2 Å². The maximum Gasteiger partial charge on any atom is 0.338 e. The first-order valence-corrected chi connectivity index (χ1v) is 5.70. The minimum Gasteiger partial charge on any atom is -0.478 e. The van der Waals surface area contributed by atoms with E-state index in [2.05, 4.69) is 4.98 Å². The van der Waals surface area contributed by atoms with Crippen molar-refractivity contribution in [3.63, 3.8) is 0 Å². The molecule has 1 aliphatic rings. The van der Waals surface area contributed by atoms with Gasteiger partial charge in [0.1, 0.15) is 0 Å². The van der Waals surface area contributed by atoms with Crippen molar-refractivity contribution < 1.29 is 9.90 Å². The van der Waals surface area contributed by atoms with Crippen LogP contribution in [-0.2, 0) is 12.2 Å². The van der Waals surface area contributed by atoms with Crippen molar-refractivity contribution in [2.75, 3.05) is 5.75 Å². The van der Waals surface area contributed by atoms with Crippen LogP contribution in [0, 0.1) is 0 Å². The Balaban J connectivity index is 2.54. The van der Waals surface area contributed by atoms with Crippen LogP contribution in [-0.4, -0.2) is 21.8 Å². The fourth-order valence-electron chi connectivity index (χ4n) is 1.42. The summed E-state index contributed by atoms with van der Waals surface area (Å²) in [6.07, 6.45) is 2.22. The molecule has 3 nitrogen and oxygen atoms in total. The van der Waals surface area contributed by atoms with Crippen LogP contribution in [0.2, 0.25) is 5.02 Å². The minimum atomic E-state index is -1.01. The molecule has 0 amide bonds. The van der Waals surface area contributed by atoms with Gasteiger partial charge in [0, 0.05) is 23.2 Å². The van der Waals surface area contributed by atoms with E-state index >= 15 is 0 Å². The minimum absolute atomic E-state index is 0.105. The van der Waals surface area contributed by atoms with E-state index in [4.69, 9.17) is 16.7 Å². The van der Waals surface area contributed by atoms with Gasteiger partial charge in [0.25, 0.3) is 0 Å². The molecule has 0 unspecified atom stereocenters. The predicted octanol–water partition coefficient (Wildman–Crippen LogP) is 2.22. The third kappa shape index (κ3) is 1.60. The number of rotatable bonds is 1. The molecule has 0 saturated heterocycles. The van der Waals surface area contributed by atoms with Crippen LogP contribution in [0.25, 0.3) is 0 Å². The Hall–Kier alpha value is -0.740. The number of fused-ring (bicyclic) bond motifs is 1. The first-order valence-electron chi connectivity index (χ1n) is 4.17. The van der Waals surface area contributed by atoms with Crippen molar-refractivity contribution in [2.45, 2.75) is 12.2 Å². The summed E-state index contributed by atoms with van der Waals surface area (Å²) in [5.74, 6) is 0.784. The lowest BCUT2D eigenvalue weighted by atomic mass is 10.1. The van der Waals surface area contributed by atoms with E-state index in [1.54, 1.807) is 11.8 Å². The van der Waals surface area contributed by atoms with Gasteiger partial charge in [0.05, 0.1) is 10.6 Å². The lowest BCUT2D eigenvalue weighted by molar-refractivity contribution is 0.0696. The average molecular weight is 230 g/mol. The molecule has 0 aromatic carbocycles. The lowest BCUT2D eigenvalue weighted by Crippen LogP contribution is -2.09. The lowest BCUT2D eigenvalue weighted by Gasteiger charge is -2.16. The van der Waals surface area contributed by atoms with Gasteiger partial charge < -0.3 is 5.11 Å². The van der Waals surface area contributed by atoms with Crippen LogP contribution >= 0.6 is 23.4 Å². The van der Waals surface area contributed by atoms with Crippen LogP contribution in [0.3, 0.4) is 0 Å². The molecule has 0 spiro atoms. The van der Waals surface area contributed by atoms with E-state index in [9.17, 15) is 4.79 Å². The second-order valence-corrected chi connectivity index (χ2v) is 4.50. The molecule has 0 radical (unpaired) electrons. The van der Waals surface area contributed by atoms with Crippen LogP contribution < -0.4 is 0 Å². The summed E-state index contributed by atoms with van der Waals surface area (Å²) in [5, 5.41) is 9.19.